The van der Waals surface area contributed by atoms with Gasteiger partial charge >= 0.3 is 0 Å². The Labute approximate surface area is 139 Å². The van der Waals surface area contributed by atoms with Crippen LogP contribution >= 0.6 is 15.9 Å². The minimum Gasteiger partial charge on any atom is -0.349 e. The second-order valence-electron chi connectivity index (χ2n) is 5.61. The SMILES string of the molecule is CC1c2cccn2CCN1CCS(=O)(=O)c1ccc(Br)cc1. The summed E-state index contributed by atoms with van der Waals surface area (Å²) in [6.07, 6.45) is 2.09. The van der Waals surface area contributed by atoms with Crippen LogP contribution in [0.4, 0.5) is 0 Å². The summed E-state index contributed by atoms with van der Waals surface area (Å²) in [6.45, 7) is 4.51. The normalized spacial score (nSPS) is 19.1. The lowest BCUT2D eigenvalue weighted by Crippen LogP contribution is -2.39. The van der Waals surface area contributed by atoms with Crippen LogP contribution in [0.3, 0.4) is 0 Å². The van der Waals surface area contributed by atoms with E-state index >= 15 is 0 Å². The van der Waals surface area contributed by atoms with Gasteiger partial charge in [-0.3, -0.25) is 4.90 Å². The molecule has 0 radical (unpaired) electrons. The fourth-order valence-electron chi connectivity index (χ4n) is 2.93. The Morgan fingerprint density at radius 2 is 1.91 bits per heavy atom. The summed E-state index contributed by atoms with van der Waals surface area (Å²) < 4.78 is 28.0. The number of sulfone groups is 1. The molecule has 4 nitrogen and oxygen atoms in total. The first-order valence-corrected chi connectivity index (χ1v) is 9.79. The first-order chi connectivity index (χ1) is 10.5. The van der Waals surface area contributed by atoms with Crippen LogP contribution in [0.1, 0.15) is 18.7 Å². The van der Waals surface area contributed by atoms with Gasteiger partial charge in [-0.2, -0.15) is 0 Å². The van der Waals surface area contributed by atoms with E-state index in [9.17, 15) is 8.42 Å². The van der Waals surface area contributed by atoms with Crippen molar-refractivity contribution in [1.29, 1.82) is 0 Å². The Bertz CT molecular complexity index is 753. The van der Waals surface area contributed by atoms with Crippen LogP contribution in [0.15, 0.2) is 52.0 Å². The molecule has 0 N–H and O–H groups in total. The van der Waals surface area contributed by atoms with Crippen molar-refractivity contribution in [2.24, 2.45) is 0 Å². The highest BCUT2D eigenvalue weighted by molar-refractivity contribution is 9.10. The molecule has 0 saturated carbocycles. The van der Waals surface area contributed by atoms with Crippen LogP contribution in [0.25, 0.3) is 0 Å². The number of aromatic nitrogens is 1. The molecule has 1 unspecified atom stereocenters. The van der Waals surface area contributed by atoms with Gasteiger partial charge in [0, 0.05) is 42.0 Å². The maximum atomic E-state index is 12.4. The summed E-state index contributed by atoms with van der Waals surface area (Å²) in [5, 5.41) is 0. The van der Waals surface area contributed by atoms with E-state index in [1.807, 2.05) is 6.07 Å². The molecule has 0 spiro atoms. The van der Waals surface area contributed by atoms with E-state index in [2.05, 4.69) is 44.6 Å². The molecular weight excluding hydrogens is 364 g/mol. The molecule has 2 heterocycles. The minimum absolute atomic E-state index is 0.152. The largest absolute Gasteiger partial charge is 0.349 e. The third-order valence-electron chi connectivity index (χ3n) is 4.29. The number of rotatable bonds is 4. The van der Waals surface area contributed by atoms with Crippen LogP contribution in [0.5, 0.6) is 0 Å². The first-order valence-electron chi connectivity index (χ1n) is 7.35. The molecule has 0 fully saturated rings. The van der Waals surface area contributed by atoms with Gasteiger partial charge in [-0.15, -0.1) is 0 Å². The van der Waals surface area contributed by atoms with Crippen LogP contribution in [-0.4, -0.2) is 36.7 Å². The van der Waals surface area contributed by atoms with Crippen molar-refractivity contribution in [3.8, 4) is 0 Å². The lowest BCUT2D eigenvalue weighted by Gasteiger charge is -2.34. The molecule has 0 saturated heterocycles. The molecule has 3 rings (SSSR count). The van der Waals surface area contributed by atoms with Gasteiger partial charge in [0.25, 0.3) is 0 Å². The van der Waals surface area contributed by atoms with Gasteiger partial charge in [-0.05, 0) is 43.3 Å². The molecule has 1 aromatic heterocycles. The average molecular weight is 383 g/mol. The number of nitrogens with zero attached hydrogens (tertiary/aromatic N) is 2. The molecule has 118 valence electrons. The highest BCUT2D eigenvalue weighted by Crippen LogP contribution is 2.25. The summed E-state index contributed by atoms with van der Waals surface area (Å²) in [4.78, 5) is 2.63. The zero-order chi connectivity index (χ0) is 15.7. The van der Waals surface area contributed by atoms with E-state index in [-0.39, 0.29) is 11.8 Å². The molecular formula is C16H19BrN2O2S. The van der Waals surface area contributed by atoms with E-state index in [1.54, 1.807) is 24.3 Å². The summed E-state index contributed by atoms with van der Waals surface area (Å²) in [5.41, 5.74) is 1.26. The minimum atomic E-state index is -3.23. The number of halogens is 1. The summed E-state index contributed by atoms with van der Waals surface area (Å²) in [7, 11) is -3.23. The summed E-state index contributed by atoms with van der Waals surface area (Å²) in [6, 6.07) is 11.3. The first kappa shape index (κ1) is 15.8. The molecule has 6 heteroatoms. The lowest BCUT2D eigenvalue weighted by atomic mass is 10.1. The Balaban J connectivity index is 1.69. The Morgan fingerprint density at radius 3 is 2.64 bits per heavy atom. The van der Waals surface area contributed by atoms with Crippen LogP contribution in [0.2, 0.25) is 0 Å². The van der Waals surface area contributed by atoms with Gasteiger partial charge < -0.3 is 4.57 Å². The van der Waals surface area contributed by atoms with Crippen LogP contribution < -0.4 is 0 Å². The van der Waals surface area contributed by atoms with Gasteiger partial charge in [0.05, 0.1) is 10.6 Å². The van der Waals surface area contributed by atoms with Gasteiger partial charge in [0.1, 0.15) is 0 Å². The quantitative estimate of drug-likeness (QED) is 0.815. The van der Waals surface area contributed by atoms with Crippen molar-refractivity contribution in [3.63, 3.8) is 0 Å². The molecule has 0 aliphatic carbocycles. The molecule has 1 atom stereocenters. The van der Waals surface area contributed by atoms with Crippen molar-refractivity contribution >= 4 is 25.8 Å². The highest BCUT2D eigenvalue weighted by Gasteiger charge is 2.25. The molecule has 0 amide bonds. The fourth-order valence-corrected chi connectivity index (χ4v) is 4.46. The topological polar surface area (TPSA) is 42.3 Å². The maximum absolute atomic E-state index is 12.4. The van der Waals surface area contributed by atoms with E-state index in [0.717, 1.165) is 17.6 Å². The highest BCUT2D eigenvalue weighted by atomic mass is 79.9. The molecule has 2 aromatic rings. The lowest BCUT2D eigenvalue weighted by molar-refractivity contribution is 0.179. The second kappa shape index (κ2) is 6.18. The predicted octanol–water partition coefficient (Wildman–Crippen LogP) is 3.10. The van der Waals surface area contributed by atoms with Crippen molar-refractivity contribution < 1.29 is 8.42 Å². The molecule has 22 heavy (non-hydrogen) atoms. The summed E-state index contributed by atoms with van der Waals surface area (Å²) >= 11 is 3.33. The van der Waals surface area contributed by atoms with Crippen LogP contribution in [0, 0.1) is 0 Å². The Kier molecular flexibility index (Phi) is 4.43. The Hall–Kier alpha value is -1.11. The van der Waals surface area contributed by atoms with Crippen molar-refractivity contribution in [3.05, 3.63) is 52.8 Å². The van der Waals surface area contributed by atoms with E-state index in [0.29, 0.717) is 11.4 Å². The number of hydrogen-bond donors (Lipinski definition) is 0. The summed E-state index contributed by atoms with van der Waals surface area (Å²) in [5.74, 6) is 0.152. The van der Waals surface area contributed by atoms with Gasteiger partial charge in [0.2, 0.25) is 0 Å². The predicted molar refractivity (Wildman–Crippen MR) is 90.6 cm³/mol. The average Bonchev–Trinajstić information content (AvgIpc) is 2.96. The van der Waals surface area contributed by atoms with Gasteiger partial charge in [-0.1, -0.05) is 15.9 Å². The standard InChI is InChI=1S/C16H19BrN2O2S/c1-13-16-3-2-8-19(16)10-9-18(13)11-12-22(20,21)15-6-4-14(17)5-7-15/h2-8,13H,9-12H2,1H3. The monoisotopic (exact) mass is 382 g/mol. The van der Waals surface area contributed by atoms with Gasteiger partial charge in [-0.25, -0.2) is 8.42 Å². The van der Waals surface area contributed by atoms with Crippen molar-refractivity contribution in [2.75, 3.05) is 18.8 Å². The van der Waals surface area contributed by atoms with Crippen molar-refractivity contribution in [1.82, 2.24) is 9.47 Å². The zero-order valence-electron chi connectivity index (χ0n) is 12.4. The van der Waals surface area contributed by atoms with Crippen molar-refractivity contribution in [2.45, 2.75) is 24.4 Å². The van der Waals surface area contributed by atoms with Crippen LogP contribution in [-0.2, 0) is 16.4 Å². The van der Waals surface area contributed by atoms with E-state index in [4.69, 9.17) is 0 Å². The number of hydrogen-bond acceptors (Lipinski definition) is 3. The maximum Gasteiger partial charge on any atom is 0.179 e. The molecule has 0 bridgehead atoms. The third-order valence-corrected chi connectivity index (χ3v) is 6.53. The zero-order valence-corrected chi connectivity index (χ0v) is 14.8. The Morgan fingerprint density at radius 1 is 1.18 bits per heavy atom. The second-order valence-corrected chi connectivity index (χ2v) is 8.64. The third kappa shape index (κ3) is 3.14. The molecule has 1 aliphatic heterocycles. The molecule has 1 aliphatic rings. The van der Waals surface area contributed by atoms with E-state index in [1.165, 1.54) is 5.69 Å². The number of fused-ring (bicyclic) bond motifs is 1. The van der Waals surface area contributed by atoms with Gasteiger partial charge in [0.15, 0.2) is 9.84 Å². The fraction of sp³-hybridized carbons (Fsp3) is 0.375. The smallest absolute Gasteiger partial charge is 0.179 e. The molecule has 1 aromatic carbocycles. The number of benzene rings is 1. The van der Waals surface area contributed by atoms with E-state index < -0.39 is 9.84 Å².